The molecule has 33 heavy (non-hydrogen) atoms. The van der Waals surface area contributed by atoms with E-state index >= 15 is 0 Å². The molecule has 3 amide bonds. The summed E-state index contributed by atoms with van der Waals surface area (Å²) < 4.78 is 6.39. The average molecular weight is 447 g/mol. The summed E-state index contributed by atoms with van der Waals surface area (Å²) >= 11 is 0. The van der Waals surface area contributed by atoms with E-state index in [1.54, 1.807) is 29.2 Å². The number of carbonyl (C=O) groups excluding carboxylic acids is 4. The van der Waals surface area contributed by atoms with Crippen molar-refractivity contribution in [1.29, 1.82) is 0 Å². The first-order valence-corrected chi connectivity index (χ1v) is 11.3. The van der Waals surface area contributed by atoms with Crippen molar-refractivity contribution < 1.29 is 23.9 Å². The molecule has 0 N–H and O–H groups in total. The Morgan fingerprint density at radius 1 is 0.970 bits per heavy atom. The van der Waals surface area contributed by atoms with E-state index in [1.807, 2.05) is 26.0 Å². The lowest BCUT2D eigenvalue weighted by Gasteiger charge is -2.44. The van der Waals surface area contributed by atoms with Crippen molar-refractivity contribution in [3.63, 3.8) is 0 Å². The van der Waals surface area contributed by atoms with E-state index in [9.17, 15) is 19.2 Å². The number of carbonyl (C=O) groups is 4. The summed E-state index contributed by atoms with van der Waals surface area (Å²) in [6.45, 7) is 4.95. The molecule has 0 bridgehead atoms. The summed E-state index contributed by atoms with van der Waals surface area (Å²) in [6.07, 6.45) is 1.55. The molecule has 1 spiro atoms. The molecule has 1 saturated heterocycles. The predicted octanol–water partition coefficient (Wildman–Crippen LogP) is 3.32. The lowest BCUT2D eigenvalue weighted by Crippen LogP contribution is -2.52. The Bertz CT molecular complexity index is 1160. The van der Waals surface area contributed by atoms with E-state index in [1.165, 1.54) is 0 Å². The van der Waals surface area contributed by atoms with Crippen LogP contribution < -0.4 is 4.74 Å². The van der Waals surface area contributed by atoms with Gasteiger partial charge in [0, 0.05) is 38.9 Å². The topological polar surface area (TPSA) is 84.0 Å². The maximum Gasteiger partial charge on any atom is 0.261 e. The number of hydrogen-bond donors (Lipinski definition) is 0. The highest BCUT2D eigenvalue weighted by atomic mass is 16.5. The molecule has 7 nitrogen and oxygen atoms in total. The van der Waals surface area contributed by atoms with Crippen molar-refractivity contribution in [2.24, 2.45) is 0 Å². The highest BCUT2D eigenvalue weighted by molar-refractivity contribution is 6.21. The van der Waals surface area contributed by atoms with Gasteiger partial charge in [-0.3, -0.25) is 24.1 Å². The number of likely N-dealkylation sites (tertiary alicyclic amines) is 1. The van der Waals surface area contributed by atoms with Crippen LogP contribution in [0.3, 0.4) is 0 Å². The molecule has 170 valence electrons. The minimum Gasteiger partial charge on any atom is -0.486 e. The smallest absolute Gasteiger partial charge is 0.261 e. The van der Waals surface area contributed by atoms with Crippen LogP contribution in [0.2, 0.25) is 0 Å². The van der Waals surface area contributed by atoms with E-state index in [-0.39, 0.29) is 36.5 Å². The number of rotatable bonds is 3. The van der Waals surface area contributed by atoms with Gasteiger partial charge in [0.25, 0.3) is 11.8 Å². The zero-order valence-corrected chi connectivity index (χ0v) is 18.8. The predicted molar refractivity (Wildman–Crippen MR) is 120 cm³/mol. The van der Waals surface area contributed by atoms with Gasteiger partial charge in [-0.2, -0.15) is 0 Å². The van der Waals surface area contributed by atoms with Crippen LogP contribution in [0.25, 0.3) is 0 Å². The Morgan fingerprint density at radius 3 is 2.24 bits per heavy atom. The number of benzene rings is 2. The number of imide groups is 1. The Hall–Kier alpha value is -3.48. The van der Waals surface area contributed by atoms with Gasteiger partial charge in [-0.05, 0) is 43.2 Å². The van der Waals surface area contributed by atoms with Gasteiger partial charge >= 0.3 is 0 Å². The number of piperidine rings is 1. The molecule has 0 atom stereocenters. The number of amides is 3. The lowest BCUT2D eigenvalue weighted by molar-refractivity contribution is -0.134. The number of ether oxygens (including phenoxy) is 1. The largest absolute Gasteiger partial charge is 0.486 e. The second kappa shape index (κ2) is 7.83. The molecule has 0 aromatic heterocycles. The van der Waals surface area contributed by atoms with Crippen LogP contribution in [-0.2, 0) is 4.79 Å². The maximum absolute atomic E-state index is 12.9. The number of ketones is 1. The monoisotopic (exact) mass is 446 g/mol. The Morgan fingerprint density at radius 2 is 1.61 bits per heavy atom. The van der Waals surface area contributed by atoms with Crippen LogP contribution in [0.4, 0.5) is 0 Å². The van der Waals surface area contributed by atoms with Gasteiger partial charge in [-0.1, -0.05) is 18.2 Å². The fourth-order valence-electron chi connectivity index (χ4n) is 5.19. The molecule has 2 aromatic carbocycles. The molecule has 0 saturated carbocycles. The van der Waals surface area contributed by atoms with E-state index < -0.39 is 5.60 Å². The highest BCUT2D eigenvalue weighted by Gasteiger charge is 2.44. The molecule has 0 unspecified atom stereocenters. The number of aryl methyl sites for hydroxylation is 2. The molecule has 1 fully saturated rings. The minimum absolute atomic E-state index is 0.0632. The Kier molecular flexibility index (Phi) is 5.07. The van der Waals surface area contributed by atoms with Crippen LogP contribution in [0.5, 0.6) is 5.75 Å². The van der Waals surface area contributed by atoms with Gasteiger partial charge in [0.05, 0.1) is 23.1 Å². The maximum atomic E-state index is 12.9. The minimum atomic E-state index is -0.580. The third-order valence-corrected chi connectivity index (χ3v) is 6.98. The van der Waals surface area contributed by atoms with Gasteiger partial charge in [-0.15, -0.1) is 0 Å². The summed E-state index contributed by atoms with van der Waals surface area (Å²) in [5, 5.41) is 0. The number of hydrogen-bond acceptors (Lipinski definition) is 5. The summed E-state index contributed by atoms with van der Waals surface area (Å²) in [4.78, 5) is 53.6. The van der Waals surface area contributed by atoms with E-state index in [0.717, 1.165) is 16.0 Å². The zero-order chi connectivity index (χ0) is 23.3. The molecule has 3 aliphatic heterocycles. The first kappa shape index (κ1) is 21.4. The molecule has 3 heterocycles. The van der Waals surface area contributed by atoms with Gasteiger partial charge in [0.15, 0.2) is 5.78 Å². The summed E-state index contributed by atoms with van der Waals surface area (Å²) in [5.74, 6) is -0.0368. The van der Waals surface area contributed by atoms with Crippen LogP contribution in [-0.4, -0.2) is 58.5 Å². The first-order chi connectivity index (χ1) is 15.8. The van der Waals surface area contributed by atoms with Crippen molar-refractivity contribution in [3.05, 3.63) is 64.2 Å². The molecule has 7 heteroatoms. The van der Waals surface area contributed by atoms with E-state index in [0.29, 0.717) is 54.8 Å². The van der Waals surface area contributed by atoms with Gasteiger partial charge < -0.3 is 9.64 Å². The van der Waals surface area contributed by atoms with Gasteiger partial charge in [0.1, 0.15) is 11.4 Å². The van der Waals surface area contributed by atoms with Gasteiger partial charge in [-0.25, -0.2) is 0 Å². The SMILES string of the molecule is Cc1cc(C)c2c(c1)C(=O)CC1(CCN(C(=O)CCN3C(=O)c4ccccc4C3=O)CC1)O2. The van der Waals surface area contributed by atoms with Gasteiger partial charge in [0.2, 0.25) is 5.91 Å². The quantitative estimate of drug-likeness (QED) is 0.676. The third-order valence-electron chi connectivity index (χ3n) is 6.98. The molecular weight excluding hydrogens is 420 g/mol. The van der Waals surface area contributed by atoms with Crippen molar-refractivity contribution in [3.8, 4) is 5.75 Å². The van der Waals surface area contributed by atoms with Crippen molar-refractivity contribution in [2.75, 3.05) is 19.6 Å². The molecule has 0 radical (unpaired) electrons. The zero-order valence-electron chi connectivity index (χ0n) is 18.8. The third kappa shape index (κ3) is 3.61. The van der Waals surface area contributed by atoms with Crippen LogP contribution in [0, 0.1) is 13.8 Å². The van der Waals surface area contributed by atoms with E-state index in [4.69, 9.17) is 4.74 Å². The second-order valence-electron chi connectivity index (χ2n) is 9.28. The molecule has 3 aliphatic rings. The first-order valence-electron chi connectivity index (χ1n) is 11.3. The molecule has 0 aliphatic carbocycles. The standard InChI is InChI=1S/C26H26N2O5/c1-16-13-17(2)23-20(14-16)21(29)15-26(33-23)8-11-27(12-9-26)22(30)7-10-28-24(31)18-5-3-4-6-19(18)25(28)32/h3-6,13-14H,7-12,15H2,1-2H3. The lowest BCUT2D eigenvalue weighted by atomic mass is 9.81. The fraction of sp³-hybridized carbons (Fsp3) is 0.385. The van der Waals surface area contributed by atoms with Crippen molar-refractivity contribution in [1.82, 2.24) is 9.80 Å². The summed E-state index contributed by atoms with van der Waals surface area (Å²) in [5.41, 5.74) is 2.84. The van der Waals surface area contributed by atoms with E-state index in [2.05, 4.69) is 0 Å². The second-order valence-corrected chi connectivity index (χ2v) is 9.28. The van der Waals surface area contributed by atoms with Crippen molar-refractivity contribution in [2.45, 2.75) is 45.1 Å². The summed E-state index contributed by atoms with van der Waals surface area (Å²) in [6, 6.07) is 10.6. The van der Waals surface area contributed by atoms with Crippen molar-refractivity contribution >= 4 is 23.5 Å². The Balaban J connectivity index is 1.20. The number of fused-ring (bicyclic) bond motifs is 2. The number of nitrogens with zero attached hydrogens (tertiary/aromatic N) is 2. The molecular formula is C26H26N2O5. The molecule has 2 aromatic rings. The summed E-state index contributed by atoms with van der Waals surface area (Å²) in [7, 11) is 0. The van der Waals surface area contributed by atoms with Crippen LogP contribution >= 0.6 is 0 Å². The normalized spacial score (nSPS) is 18.9. The van der Waals surface area contributed by atoms with Crippen LogP contribution in [0.15, 0.2) is 36.4 Å². The number of Topliss-reactive ketones (excluding diaryl/α,β-unsaturated/α-hetero) is 1. The fourth-order valence-corrected chi connectivity index (χ4v) is 5.19. The molecule has 5 rings (SSSR count). The highest BCUT2D eigenvalue weighted by Crippen LogP contribution is 2.41. The average Bonchev–Trinajstić information content (AvgIpc) is 3.04. The van der Waals surface area contributed by atoms with Crippen LogP contribution in [0.1, 0.15) is 67.9 Å². The Labute approximate surface area is 192 Å².